The monoisotopic (exact) mass is 486 g/mol. The number of amides is 2. The zero-order chi connectivity index (χ0) is 19.8. The van der Waals surface area contributed by atoms with Gasteiger partial charge in [-0.2, -0.15) is 0 Å². The summed E-state index contributed by atoms with van der Waals surface area (Å²) >= 11 is 2.07. The highest BCUT2D eigenvalue weighted by Crippen LogP contribution is 2.13. The van der Waals surface area contributed by atoms with Gasteiger partial charge in [0.1, 0.15) is 5.75 Å². The van der Waals surface area contributed by atoms with Crippen LogP contribution in [0.4, 0.5) is 0 Å². The quantitative estimate of drug-likeness (QED) is 0.409. The number of hydrogen-bond acceptors (Lipinski definition) is 3. The molecule has 6 heteroatoms. The van der Waals surface area contributed by atoms with Crippen LogP contribution in [0, 0.1) is 3.57 Å². The first-order valence-corrected chi connectivity index (χ1v) is 9.83. The first-order chi connectivity index (χ1) is 13.6. The number of benzene rings is 3. The fourth-order valence-electron chi connectivity index (χ4n) is 2.53. The molecule has 0 aliphatic carbocycles. The smallest absolute Gasteiger partial charge is 0.270 e. The van der Waals surface area contributed by atoms with E-state index in [1.54, 1.807) is 36.4 Å². The largest absolute Gasteiger partial charge is 0.493 e. The van der Waals surface area contributed by atoms with E-state index in [1.807, 2.05) is 30.3 Å². The maximum absolute atomic E-state index is 12.2. The number of halogens is 1. The molecule has 0 atom stereocenters. The van der Waals surface area contributed by atoms with Crippen molar-refractivity contribution in [2.45, 2.75) is 6.42 Å². The Balaban J connectivity index is 1.48. The van der Waals surface area contributed by atoms with Gasteiger partial charge in [-0.15, -0.1) is 0 Å². The molecule has 0 aromatic heterocycles. The molecule has 0 spiro atoms. The van der Waals surface area contributed by atoms with Crippen LogP contribution in [0.3, 0.4) is 0 Å². The van der Waals surface area contributed by atoms with E-state index in [4.69, 9.17) is 4.74 Å². The minimum atomic E-state index is -0.393. The van der Waals surface area contributed by atoms with Gasteiger partial charge in [0.25, 0.3) is 11.8 Å². The van der Waals surface area contributed by atoms with Gasteiger partial charge in [0.05, 0.1) is 12.2 Å². The molecule has 0 aliphatic rings. The molecule has 0 saturated heterocycles. The number of hydrogen-bond donors (Lipinski definition) is 2. The molecule has 0 fully saturated rings. The summed E-state index contributed by atoms with van der Waals surface area (Å²) in [5.74, 6) is -0.0651. The van der Waals surface area contributed by atoms with E-state index >= 15 is 0 Å². The summed E-state index contributed by atoms with van der Waals surface area (Å²) in [6, 6.07) is 24.0. The average Bonchev–Trinajstić information content (AvgIpc) is 2.73. The molecule has 0 saturated carbocycles. The minimum absolute atomic E-state index is 0.362. The standard InChI is InChI=1S/C22H19IN2O3/c23-20-9-5-4-8-19(20)22(27)25-24-21(26)17-10-12-18(13-11-17)28-15-14-16-6-2-1-3-7-16/h1-13H,14-15H2,(H,24,26)(H,25,27). The van der Waals surface area contributed by atoms with E-state index < -0.39 is 5.91 Å². The van der Waals surface area contributed by atoms with Crippen molar-refractivity contribution >= 4 is 34.4 Å². The van der Waals surface area contributed by atoms with E-state index in [9.17, 15) is 9.59 Å². The summed E-state index contributed by atoms with van der Waals surface area (Å²) in [6.07, 6.45) is 0.813. The molecule has 2 N–H and O–H groups in total. The van der Waals surface area contributed by atoms with Crippen LogP contribution in [0.25, 0.3) is 0 Å². The normalized spacial score (nSPS) is 10.2. The van der Waals surface area contributed by atoms with Gasteiger partial charge in [-0.25, -0.2) is 0 Å². The van der Waals surface area contributed by atoms with Crippen LogP contribution in [-0.2, 0) is 6.42 Å². The van der Waals surface area contributed by atoms with Gasteiger partial charge in [-0.1, -0.05) is 42.5 Å². The molecule has 3 rings (SSSR count). The fraction of sp³-hybridized carbons (Fsp3) is 0.0909. The summed E-state index contributed by atoms with van der Waals surface area (Å²) < 4.78 is 6.52. The molecule has 2 amide bonds. The van der Waals surface area contributed by atoms with E-state index in [-0.39, 0.29) is 5.91 Å². The molecule has 0 bridgehead atoms. The topological polar surface area (TPSA) is 67.4 Å². The lowest BCUT2D eigenvalue weighted by atomic mass is 10.2. The van der Waals surface area contributed by atoms with Gasteiger partial charge >= 0.3 is 0 Å². The van der Waals surface area contributed by atoms with E-state index in [0.29, 0.717) is 23.5 Å². The van der Waals surface area contributed by atoms with Crippen molar-refractivity contribution in [1.29, 1.82) is 0 Å². The number of carbonyl (C=O) groups excluding carboxylic acids is 2. The Hall–Kier alpha value is -2.87. The van der Waals surface area contributed by atoms with Crippen LogP contribution < -0.4 is 15.6 Å². The molecular weight excluding hydrogens is 467 g/mol. The predicted molar refractivity (Wildman–Crippen MR) is 116 cm³/mol. The fourth-order valence-corrected chi connectivity index (χ4v) is 3.16. The lowest BCUT2D eigenvalue weighted by Gasteiger charge is -2.10. The molecule has 28 heavy (non-hydrogen) atoms. The number of ether oxygens (including phenoxy) is 1. The van der Waals surface area contributed by atoms with Crippen molar-refractivity contribution in [1.82, 2.24) is 10.9 Å². The predicted octanol–water partition coefficient (Wildman–Crippen LogP) is 3.99. The summed E-state index contributed by atoms with van der Waals surface area (Å²) in [4.78, 5) is 24.3. The van der Waals surface area contributed by atoms with Crippen LogP contribution in [0.1, 0.15) is 26.3 Å². The molecular formula is C22H19IN2O3. The highest BCUT2D eigenvalue weighted by Gasteiger charge is 2.11. The van der Waals surface area contributed by atoms with E-state index in [2.05, 4.69) is 45.6 Å². The Kier molecular flexibility index (Phi) is 7.02. The Bertz CT molecular complexity index is 944. The summed E-state index contributed by atoms with van der Waals surface area (Å²) in [5.41, 5.74) is 7.00. The molecule has 3 aromatic carbocycles. The summed E-state index contributed by atoms with van der Waals surface area (Å²) in [7, 11) is 0. The Labute approximate surface area is 177 Å². The first-order valence-electron chi connectivity index (χ1n) is 8.75. The second kappa shape index (κ2) is 9.89. The number of nitrogens with one attached hydrogen (secondary N) is 2. The lowest BCUT2D eigenvalue weighted by molar-refractivity contribution is 0.0846. The van der Waals surface area contributed by atoms with Crippen LogP contribution in [0.15, 0.2) is 78.9 Å². The third-order valence-electron chi connectivity index (χ3n) is 4.03. The third-order valence-corrected chi connectivity index (χ3v) is 4.97. The van der Waals surface area contributed by atoms with Gasteiger partial charge in [0.2, 0.25) is 0 Å². The Morgan fingerprint density at radius 3 is 2.14 bits per heavy atom. The molecule has 5 nitrogen and oxygen atoms in total. The molecule has 0 radical (unpaired) electrons. The van der Waals surface area contributed by atoms with Crippen LogP contribution >= 0.6 is 22.6 Å². The SMILES string of the molecule is O=C(NNC(=O)c1ccccc1I)c1ccc(OCCc2ccccc2)cc1. The highest BCUT2D eigenvalue weighted by molar-refractivity contribution is 14.1. The van der Waals surface area contributed by atoms with Crippen molar-refractivity contribution in [2.24, 2.45) is 0 Å². The van der Waals surface area contributed by atoms with Gasteiger partial charge < -0.3 is 4.74 Å². The van der Waals surface area contributed by atoms with Crippen molar-refractivity contribution in [3.63, 3.8) is 0 Å². The summed E-state index contributed by atoms with van der Waals surface area (Å²) in [6.45, 7) is 0.557. The third kappa shape index (κ3) is 5.56. The molecule has 0 heterocycles. The van der Waals surface area contributed by atoms with Crippen molar-refractivity contribution in [2.75, 3.05) is 6.61 Å². The molecule has 0 aliphatic heterocycles. The average molecular weight is 486 g/mol. The van der Waals surface area contributed by atoms with E-state index in [1.165, 1.54) is 5.56 Å². The van der Waals surface area contributed by atoms with Gasteiger partial charge in [0.15, 0.2) is 0 Å². The van der Waals surface area contributed by atoms with E-state index in [0.717, 1.165) is 9.99 Å². The van der Waals surface area contributed by atoms with Crippen LogP contribution in [-0.4, -0.2) is 18.4 Å². The molecule has 0 unspecified atom stereocenters. The zero-order valence-electron chi connectivity index (χ0n) is 15.0. The molecule has 3 aromatic rings. The van der Waals surface area contributed by atoms with Gasteiger partial charge in [-0.3, -0.25) is 20.4 Å². The maximum Gasteiger partial charge on any atom is 0.270 e. The minimum Gasteiger partial charge on any atom is -0.493 e. The Morgan fingerprint density at radius 2 is 1.43 bits per heavy atom. The second-order valence-corrected chi connectivity index (χ2v) is 7.16. The Morgan fingerprint density at radius 1 is 0.786 bits per heavy atom. The van der Waals surface area contributed by atoms with Gasteiger partial charge in [-0.05, 0) is 64.6 Å². The number of rotatable bonds is 6. The lowest BCUT2D eigenvalue weighted by Crippen LogP contribution is -2.41. The number of carbonyl (C=O) groups is 2. The summed E-state index contributed by atoms with van der Waals surface area (Å²) in [5, 5.41) is 0. The van der Waals surface area contributed by atoms with Gasteiger partial charge in [0, 0.05) is 15.6 Å². The maximum atomic E-state index is 12.2. The van der Waals surface area contributed by atoms with Crippen LogP contribution in [0.5, 0.6) is 5.75 Å². The van der Waals surface area contributed by atoms with Crippen molar-refractivity contribution in [3.8, 4) is 5.75 Å². The molecule has 142 valence electrons. The van der Waals surface area contributed by atoms with Crippen molar-refractivity contribution < 1.29 is 14.3 Å². The second-order valence-electron chi connectivity index (χ2n) is 6.00. The highest BCUT2D eigenvalue weighted by atomic mass is 127. The van der Waals surface area contributed by atoms with Crippen molar-refractivity contribution in [3.05, 3.63) is 99.1 Å². The number of hydrazine groups is 1. The van der Waals surface area contributed by atoms with Crippen LogP contribution in [0.2, 0.25) is 0 Å². The zero-order valence-corrected chi connectivity index (χ0v) is 17.2. The first kappa shape index (κ1) is 19.9.